The third-order valence-electron chi connectivity index (χ3n) is 4.00. The zero-order valence-electron chi connectivity index (χ0n) is 14.6. The molecule has 0 heterocycles. The van der Waals surface area contributed by atoms with Crippen molar-refractivity contribution in [1.29, 1.82) is 0 Å². The van der Waals surface area contributed by atoms with Crippen LogP contribution in [0.15, 0.2) is 54.6 Å². The summed E-state index contributed by atoms with van der Waals surface area (Å²) >= 11 is 0. The van der Waals surface area contributed by atoms with Gasteiger partial charge in [0.25, 0.3) is 0 Å². The van der Waals surface area contributed by atoms with Crippen LogP contribution in [-0.4, -0.2) is 32.0 Å². The molecule has 1 atom stereocenters. The molecular weight excluding hydrogens is 316 g/mol. The highest BCUT2D eigenvalue weighted by Gasteiger charge is 2.14. The van der Waals surface area contributed by atoms with E-state index in [-0.39, 0.29) is 5.92 Å². The van der Waals surface area contributed by atoms with E-state index in [0.29, 0.717) is 19.5 Å². The molecule has 0 saturated heterocycles. The molecule has 2 rings (SSSR count). The highest BCUT2D eigenvalue weighted by atomic mass is 16.5. The molecule has 0 aliphatic carbocycles. The van der Waals surface area contributed by atoms with E-state index in [1.807, 2.05) is 61.5 Å². The Balaban J connectivity index is 1.70. The lowest BCUT2D eigenvalue weighted by Crippen LogP contribution is -2.41. The first-order chi connectivity index (χ1) is 12.1. The van der Waals surface area contributed by atoms with Crippen molar-refractivity contribution in [3.63, 3.8) is 0 Å². The summed E-state index contributed by atoms with van der Waals surface area (Å²) in [5.74, 6) is -0.261. The van der Waals surface area contributed by atoms with Gasteiger partial charge in [-0.05, 0) is 35.6 Å². The average molecular weight is 340 g/mol. The monoisotopic (exact) mass is 340 g/mol. The number of hydrogen-bond acceptors (Lipinski definition) is 3. The fraction of sp³-hybridized carbons (Fsp3) is 0.300. The highest BCUT2D eigenvalue weighted by molar-refractivity contribution is 6.35. The van der Waals surface area contributed by atoms with Crippen LogP contribution < -0.4 is 15.4 Å². The number of benzene rings is 2. The molecule has 0 aliphatic heterocycles. The number of ether oxygens (including phenoxy) is 1. The van der Waals surface area contributed by atoms with E-state index in [2.05, 4.69) is 10.6 Å². The van der Waals surface area contributed by atoms with Crippen LogP contribution in [0.4, 0.5) is 0 Å². The molecule has 2 N–H and O–H groups in total. The molecule has 0 aromatic heterocycles. The minimum atomic E-state index is -0.603. The molecule has 0 bridgehead atoms. The van der Waals surface area contributed by atoms with Crippen LogP contribution in [0.3, 0.4) is 0 Å². The quantitative estimate of drug-likeness (QED) is 0.760. The van der Waals surface area contributed by atoms with E-state index >= 15 is 0 Å². The number of hydrogen-bond donors (Lipinski definition) is 2. The molecule has 5 nitrogen and oxygen atoms in total. The van der Waals surface area contributed by atoms with Gasteiger partial charge < -0.3 is 15.4 Å². The summed E-state index contributed by atoms with van der Waals surface area (Å²) in [6.07, 6.45) is 0.656. The largest absolute Gasteiger partial charge is 0.497 e. The maximum atomic E-state index is 11.9. The lowest BCUT2D eigenvalue weighted by Gasteiger charge is -2.13. The van der Waals surface area contributed by atoms with Gasteiger partial charge in [-0.25, -0.2) is 0 Å². The van der Waals surface area contributed by atoms with Crippen molar-refractivity contribution in [1.82, 2.24) is 10.6 Å². The van der Waals surface area contributed by atoms with Gasteiger partial charge in [0.1, 0.15) is 5.75 Å². The maximum Gasteiger partial charge on any atom is 0.309 e. The number of methoxy groups -OCH3 is 1. The fourth-order valence-corrected chi connectivity index (χ4v) is 2.42. The Kier molecular flexibility index (Phi) is 7.01. The highest BCUT2D eigenvalue weighted by Crippen LogP contribution is 2.13. The van der Waals surface area contributed by atoms with E-state index < -0.39 is 11.8 Å². The van der Waals surface area contributed by atoms with Crippen molar-refractivity contribution in [3.05, 3.63) is 65.7 Å². The molecule has 0 unspecified atom stereocenters. The standard InChI is InChI=1S/C20H24N2O3/c1-15(17-6-4-3-5-7-17)14-22-20(24)19(23)21-13-12-16-8-10-18(25-2)11-9-16/h3-11,15H,12-14H2,1-2H3,(H,21,23)(H,22,24)/t15-/m0/s1. The summed E-state index contributed by atoms with van der Waals surface area (Å²) < 4.78 is 5.10. The van der Waals surface area contributed by atoms with Crippen LogP contribution in [0.25, 0.3) is 0 Å². The van der Waals surface area contributed by atoms with Gasteiger partial charge >= 0.3 is 11.8 Å². The molecule has 0 radical (unpaired) electrons. The second-order valence-corrected chi connectivity index (χ2v) is 5.88. The first-order valence-corrected chi connectivity index (χ1v) is 8.34. The zero-order valence-corrected chi connectivity index (χ0v) is 14.6. The Morgan fingerprint density at radius 1 is 0.960 bits per heavy atom. The summed E-state index contributed by atoms with van der Waals surface area (Å²) in [6, 6.07) is 17.5. The lowest BCUT2D eigenvalue weighted by molar-refractivity contribution is -0.139. The Labute approximate surface area is 148 Å². The first kappa shape index (κ1) is 18.5. The van der Waals surface area contributed by atoms with Gasteiger partial charge in [0.15, 0.2) is 0 Å². The van der Waals surface area contributed by atoms with E-state index in [0.717, 1.165) is 16.9 Å². The summed E-state index contributed by atoms with van der Waals surface area (Å²) in [5.41, 5.74) is 2.20. The van der Waals surface area contributed by atoms with Crippen molar-refractivity contribution in [3.8, 4) is 5.75 Å². The molecular formula is C20H24N2O3. The van der Waals surface area contributed by atoms with Crippen LogP contribution >= 0.6 is 0 Å². The van der Waals surface area contributed by atoms with Gasteiger partial charge in [-0.1, -0.05) is 49.4 Å². The first-order valence-electron chi connectivity index (χ1n) is 8.34. The van der Waals surface area contributed by atoms with E-state index in [4.69, 9.17) is 4.74 Å². The third-order valence-corrected chi connectivity index (χ3v) is 4.00. The van der Waals surface area contributed by atoms with Gasteiger partial charge in [0.2, 0.25) is 0 Å². The van der Waals surface area contributed by atoms with Crippen molar-refractivity contribution in [2.75, 3.05) is 20.2 Å². The van der Waals surface area contributed by atoms with Crippen molar-refractivity contribution in [2.24, 2.45) is 0 Å². The number of nitrogens with one attached hydrogen (secondary N) is 2. The second kappa shape index (κ2) is 9.47. The van der Waals surface area contributed by atoms with Crippen LogP contribution in [0.2, 0.25) is 0 Å². The smallest absolute Gasteiger partial charge is 0.309 e. The van der Waals surface area contributed by atoms with Gasteiger partial charge in [0, 0.05) is 13.1 Å². The average Bonchev–Trinajstić information content (AvgIpc) is 2.66. The predicted octanol–water partition coefficient (Wildman–Crippen LogP) is 2.27. The summed E-state index contributed by atoms with van der Waals surface area (Å²) in [7, 11) is 1.62. The van der Waals surface area contributed by atoms with Crippen molar-refractivity contribution in [2.45, 2.75) is 19.3 Å². The van der Waals surface area contributed by atoms with Crippen LogP contribution in [0.1, 0.15) is 24.0 Å². The summed E-state index contributed by atoms with van der Waals surface area (Å²) in [4.78, 5) is 23.7. The molecule has 132 valence electrons. The normalized spacial score (nSPS) is 11.4. The Morgan fingerprint density at radius 2 is 1.60 bits per heavy atom. The van der Waals surface area contributed by atoms with Gasteiger partial charge in [-0.15, -0.1) is 0 Å². The van der Waals surface area contributed by atoms with Crippen LogP contribution in [0.5, 0.6) is 5.75 Å². The number of carbonyl (C=O) groups is 2. The lowest BCUT2D eigenvalue weighted by atomic mass is 10.0. The Bertz CT molecular complexity index is 684. The molecule has 2 aromatic carbocycles. The molecule has 0 saturated carbocycles. The number of carbonyl (C=O) groups excluding carboxylic acids is 2. The zero-order chi connectivity index (χ0) is 18.1. The van der Waals surface area contributed by atoms with Crippen LogP contribution in [0, 0.1) is 0 Å². The van der Waals surface area contributed by atoms with Gasteiger partial charge in [-0.3, -0.25) is 9.59 Å². The molecule has 25 heavy (non-hydrogen) atoms. The Hall–Kier alpha value is -2.82. The van der Waals surface area contributed by atoms with E-state index in [9.17, 15) is 9.59 Å². The van der Waals surface area contributed by atoms with Crippen molar-refractivity contribution < 1.29 is 14.3 Å². The molecule has 5 heteroatoms. The number of amides is 2. The summed E-state index contributed by atoms with van der Waals surface area (Å²) in [5, 5.41) is 5.32. The van der Waals surface area contributed by atoms with Gasteiger partial charge in [0.05, 0.1) is 7.11 Å². The molecule has 0 aliphatic rings. The minimum Gasteiger partial charge on any atom is -0.497 e. The third kappa shape index (κ3) is 5.95. The SMILES string of the molecule is COc1ccc(CCNC(=O)C(=O)NC[C@H](C)c2ccccc2)cc1. The van der Waals surface area contributed by atoms with Crippen LogP contribution in [-0.2, 0) is 16.0 Å². The van der Waals surface area contributed by atoms with E-state index in [1.165, 1.54) is 0 Å². The number of rotatable bonds is 7. The van der Waals surface area contributed by atoms with Crippen molar-refractivity contribution >= 4 is 11.8 Å². The van der Waals surface area contributed by atoms with E-state index in [1.54, 1.807) is 7.11 Å². The minimum absolute atomic E-state index is 0.150. The summed E-state index contributed by atoms with van der Waals surface area (Å²) in [6.45, 7) is 2.85. The Morgan fingerprint density at radius 3 is 2.24 bits per heavy atom. The maximum absolute atomic E-state index is 11.9. The van der Waals surface area contributed by atoms with Gasteiger partial charge in [-0.2, -0.15) is 0 Å². The molecule has 2 amide bonds. The molecule has 0 fully saturated rings. The fourth-order valence-electron chi connectivity index (χ4n) is 2.42. The second-order valence-electron chi connectivity index (χ2n) is 5.88. The topological polar surface area (TPSA) is 67.4 Å². The predicted molar refractivity (Wildman–Crippen MR) is 97.6 cm³/mol. The molecule has 0 spiro atoms. The molecule has 2 aromatic rings.